The molecular formula is C27H35N5O4. The van der Waals surface area contributed by atoms with Crippen molar-refractivity contribution in [1.29, 1.82) is 0 Å². The highest BCUT2D eigenvalue weighted by molar-refractivity contribution is 5.88. The second kappa shape index (κ2) is 10.6. The molecule has 3 aromatic rings. The van der Waals surface area contributed by atoms with Crippen LogP contribution in [0.1, 0.15) is 57.9 Å². The van der Waals surface area contributed by atoms with Gasteiger partial charge in [0, 0.05) is 31.7 Å². The van der Waals surface area contributed by atoms with Crippen LogP contribution in [0.25, 0.3) is 5.69 Å². The van der Waals surface area contributed by atoms with Crippen LogP contribution in [0.3, 0.4) is 0 Å². The van der Waals surface area contributed by atoms with E-state index in [1.165, 1.54) is 16.9 Å². The SMILES string of the molecule is CC.CC(C)(C)OC(=O)c1ccn(C(=O)N2CC3CC(Oc4ccccc4-n4cccn4)CC3C2)n1. The van der Waals surface area contributed by atoms with Crippen LogP contribution < -0.4 is 4.74 Å². The molecule has 5 rings (SSSR count). The van der Waals surface area contributed by atoms with Crippen molar-refractivity contribution in [3.05, 3.63) is 60.7 Å². The minimum Gasteiger partial charge on any atom is -0.488 e. The number of hydrogen-bond donors (Lipinski definition) is 0. The Morgan fingerprint density at radius 1 is 0.972 bits per heavy atom. The maximum atomic E-state index is 13.0. The highest BCUT2D eigenvalue weighted by atomic mass is 16.6. The molecule has 1 aliphatic heterocycles. The average Bonchev–Trinajstić information content (AvgIpc) is 3.63. The molecule has 0 radical (unpaired) electrons. The van der Waals surface area contributed by atoms with Gasteiger partial charge in [-0.25, -0.2) is 14.3 Å². The lowest BCUT2D eigenvalue weighted by molar-refractivity contribution is 0.00623. The summed E-state index contributed by atoms with van der Waals surface area (Å²) in [5.74, 6) is 1.04. The van der Waals surface area contributed by atoms with Gasteiger partial charge in [0.15, 0.2) is 5.69 Å². The fraction of sp³-hybridized carbons (Fsp3) is 0.481. The van der Waals surface area contributed by atoms with Gasteiger partial charge in [-0.15, -0.1) is 0 Å². The molecule has 2 aromatic heterocycles. The first-order valence-corrected chi connectivity index (χ1v) is 12.6. The van der Waals surface area contributed by atoms with Crippen molar-refractivity contribution in [1.82, 2.24) is 24.5 Å². The number of ether oxygens (including phenoxy) is 2. The number of carbonyl (C=O) groups excluding carboxylic acids is 2. The molecule has 2 atom stereocenters. The third-order valence-corrected chi connectivity index (χ3v) is 6.28. The molecule has 2 aliphatic rings. The predicted octanol–water partition coefficient (Wildman–Crippen LogP) is 4.81. The minimum absolute atomic E-state index is 0.104. The van der Waals surface area contributed by atoms with Crippen LogP contribution in [0.5, 0.6) is 5.75 Å². The molecule has 0 spiro atoms. The number of nitrogens with zero attached hydrogens (tertiary/aromatic N) is 5. The van der Waals surface area contributed by atoms with Gasteiger partial charge in [0.25, 0.3) is 0 Å². The van der Waals surface area contributed by atoms with E-state index in [-0.39, 0.29) is 17.8 Å². The minimum atomic E-state index is -0.616. The standard InChI is InChI=1S/C25H29N5O4.C2H6/c1-25(2,3)34-23(31)20-9-12-30(27-20)24(32)28-15-17-13-19(14-18(17)16-28)33-22-8-5-4-7-21(22)29-11-6-10-26-29;1-2/h4-12,17-19H,13-16H2,1-3H3;1-2H3. The van der Waals surface area contributed by atoms with Gasteiger partial charge in [0.1, 0.15) is 17.0 Å². The summed E-state index contributed by atoms with van der Waals surface area (Å²) in [5, 5.41) is 8.48. The predicted molar refractivity (Wildman–Crippen MR) is 135 cm³/mol. The van der Waals surface area contributed by atoms with Crippen LogP contribution in [-0.2, 0) is 4.74 Å². The van der Waals surface area contributed by atoms with E-state index in [0.29, 0.717) is 24.9 Å². The lowest BCUT2D eigenvalue weighted by Crippen LogP contribution is -2.35. The quantitative estimate of drug-likeness (QED) is 0.485. The number of hydrogen-bond acceptors (Lipinski definition) is 6. The van der Waals surface area contributed by atoms with Crippen LogP contribution in [-0.4, -0.2) is 61.3 Å². The summed E-state index contributed by atoms with van der Waals surface area (Å²) in [6.45, 7) is 10.7. The first-order valence-electron chi connectivity index (χ1n) is 12.6. The second-order valence-corrected chi connectivity index (χ2v) is 9.98. The first-order chi connectivity index (χ1) is 17.3. The zero-order chi connectivity index (χ0) is 25.9. The number of likely N-dealkylation sites (tertiary alicyclic amines) is 1. The van der Waals surface area contributed by atoms with Crippen molar-refractivity contribution in [2.75, 3.05) is 13.1 Å². The Balaban J connectivity index is 0.00000148. The van der Waals surface area contributed by atoms with Gasteiger partial charge in [-0.1, -0.05) is 26.0 Å². The average molecular weight is 494 g/mol. The van der Waals surface area contributed by atoms with E-state index in [9.17, 15) is 9.59 Å². The molecule has 9 nitrogen and oxygen atoms in total. The highest BCUT2D eigenvalue weighted by Crippen LogP contribution is 2.40. The molecule has 2 unspecified atom stereocenters. The summed E-state index contributed by atoms with van der Waals surface area (Å²) in [6, 6.07) is 11.1. The fourth-order valence-corrected chi connectivity index (χ4v) is 4.85. The number of aromatic nitrogens is 4. The van der Waals surface area contributed by atoms with Gasteiger partial charge in [0.2, 0.25) is 0 Å². The number of esters is 1. The molecule has 36 heavy (non-hydrogen) atoms. The zero-order valence-corrected chi connectivity index (χ0v) is 21.6. The monoisotopic (exact) mass is 493 g/mol. The van der Waals surface area contributed by atoms with Crippen LogP contribution in [0.2, 0.25) is 0 Å². The molecule has 1 aromatic carbocycles. The van der Waals surface area contributed by atoms with E-state index in [2.05, 4.69) is 10.2 Å². The highest BCUT2D eigenvalue weighted by Gasteiger charge is 2.44. The van der Waals surface area contributed by atoms with Crippen LogP contribution in [0, 0.1) is 11.8 Å². The van der Waals surface area contributed by atoms with Gasteiger partial charge in [-0.05, 0) is 69.7 Å². The van der Waals surface area contributed by atoms with E-state index < -0.39 is 11.6 Å². The van der Waals surface area contributed by atoms with Gasteiger partial charge in [-0.3, -0.25) is 0 Å². The number of para-hydroxylation sites is 2. The normalized spacial score (nSPS) is 20.9. The molecule has 9 heteroatoms. The van der Waals surface area contributed by atoms with Crippen molar-refractivity contribution in [2.24, 2.45) is 11.8 Å². The Morgan fingerprint density at radius 2 is 1.67 bits per heavy atom. The zero-order valence-electron chi connectivity index (χ0n) is 21.6. The number of benzene rings is 1. The van der Waals surface area contributed by atoms with Crippen molar-refractivity contribution in [3.8, 4) is 11.4 Å². The smallest absolute Gasteiger partial charge is 0.359 e. The van der Waals surface area contributed by atoms with E-state index in [1.54, 1.807) is 31.6 Å². The maximum absolute atomic E-state index is 13.0. The van der Waals surface area contributed by atoms with Crippen molar-refractivity contribution in [3.63, 3.8) is 0 Å². The Kier molecular flexibility index (Phi) is 7.47. The molecule has 3 heterocycles. The fourth-order valence-electron chi connectivity index (χ4n) is 4.85. The lowest BCUT2D eigenvalue weighted by atomic mass is 10.0. The van der Waals surface area contributed by atoms with E-state index in [4.69, 9.17) is 9.47 Å². The van der Waals surface area contributed by atoms with E-state index in [0.717, 1.165) is 24.3 Å². The molecule has 0 N–H and O–H groups in total. The van der Waals surface area contributed by atoms with Gasteiger partial charge < -0.3 is 14.4 Å². The molecule has 1 saturated carbocycles. The molecule has 1 aliphatic carbocycles. The third-order valence-electron chi connectivity index (χ3n) is 6.28. The molecule has 192 valence electrons. The second-order valence-electron chi connectivity index (χ2n) is 9.98. The van der Waals surface area contributed by atoms with Gasteiger partial charge >= 0.3 is 12.0 Å². The van der Waals surface area contributed by atoms with Crippen LogP contribution >= 0.6 is 0 Å². The Morgan fingerprint density at radius 3 is 2.31 bits per heavy atom. The molecular weight excluding hydrogens is 458 g/mol. The summed E-state index contributed by atoms with van der Waals surface area (Å²) in [6.07, 6.45) is 7.06. The number of fused-ring (bicyclic) bond motifs is 1. The summed E-state index contributed by atoms with van der Waals surface area (Å²) in [4.78, 5) is 27.0. The molecule has 1 saturated heterocycles. The summed E-state index contributed by atoms with van der Waals surface area (Å²) < 4.78 is 14.8. The van der Waals surface area contributed by atoms with E-state index in [1.807, 2.05) is 55.3 Å². The van der Waals surface area contributed by atoms with Crippen molar-refractivity contribution < 1.29 is 19.1 Å². The molecule has 0 bridgehead atoms. The van der Waals surface area contributed by atoms with Crippen LogP contribution in [0.15, 0.2) is 55.0 Å². The molecule has 2 fully saturated rings. The third kappa shape index (κ3) is 5.61. The Hall–Kier alpha value is -3.62. The van der Waals surface area contributed by atoms with E-state index >= 15 is 0 Å². The van der Waals surface area contributed by atoms with Crippen molar-refractivity contribution >= 4 is 12.0 Å². The Bertz CT molecular complexity index is 1170. The number of amides is 1. The number of carbonyl (C=O) groups is 2. The summed E-state index contributed by atoms with van der Waals surface area (Å²) in [5.41, 5.74) is 0.433. The van der Waals surface area contributed by atoms with Gasteiger partial charge in [-0.2, -0.15) is 14.9 Å². The largest absolute Gasteiger partial charge is 0.488 e. The number of rotatable bonds is 4. The summed E-state index contributed by atoms with van der Waals surface area (Å²) >= 11 is 0. The Labute approximate surface area is 212 Å². The van der Waals surface area contributed by atoms with Crippen LogP contribution in [0.4, 0.5) is 4.79 Å². The van der Waals surface area contributed by atoms with Gasteiger partial charge in [0.05, 0.1) is 6.10 Å². The first kappa shape index (κ1) is 25.5. The lowest BCUT2D eigenvalue weighted by Gasteiger charge is -2.21. The summed E-state index contributed by atoms with van der Waals surface area (Å²) in [7, 11) is 0. The van der Waals surface area contributed by atoms with Crippen molar-refractivity contribution in [2.45, 2.75) is 59.2 Å². The topological polar surface area (TPSA) is 91.5 Å². The maximum Gasteiger partial charge on any atom is 0.359 e. The molecule has 1 amide bonds.